The number of allylic oxidation sites excluding steroid dienone is 1. The second-order valence-electron chi connectivity index (χ2n) is 10.7. The van der Waals surface area contributed by atoms with E-state index in [0.717, 1.165) is 56.7 Å². The lowest BCUT2D eigenvalue weighted by Crippen LogP contribution is -2.55. The molecule has 33 heavy (non-hydrogen) atoms. The van der Waals surface area contributed by atoms with E-state index in [1.54, 1.807) is 6.92 Å². The number of carbonyl (C=O) groups excluding carboxylic acids is 2. The van der Waals surface area contributed by atoms with Gasteiger partial charge in [-0.15, -0.1) is 0 Å². The van der Waals surface area contributed by atoms with Gasteiger partial charge in [0, 0.05) is 61.7 Å². The average Bonchev–Trinajstić information content (AvgIpc) is 3.11. The lowest BCUT2D eigenvalue weighted by Gasteiger charge is -2.52. The van der Waals surface area contributed by atoms with Gasteiger partial charge in [-0.1, -0.05) is 25.5 Å². The van der Waals surface area contributed by atoms with Crippen LogP contribution in [0.5, 0.6) is 0 Å². The van der Waals surface area contributed by atoms with Crippen LogP contribution in [-0.4, -0.2) is 66.7 Å². The number of aliphatic hydroxyl groups is 1. The monoisotopic (exact) mass is 452 g/mol. The van der Waals surface area contributed by atoms with Gasteiger partial charge in [0.15, 0.2) is 5.78 Å². The van der Waals surface area contributed by atoms with Crippen molar-refractivity contribution in [3.63, 3.8) is 0 Å². The van der Waals surface area contributed by atoms with Gasteiger partial charge in [0.05, 0.1) is 12.0 Å². The zero-order valence-electron chi connectivity index (χ0n) is 20.0. The molecular weight excluding hydrogens is 416 g/mol. The molecule has 0 radical (unpaired) electrons. The van der Waals surface area contributed by atoms with Gasteiger partial charge in [0.2, 0.25) is 0 Å². The molecule has 2 aliphatic heterocycles. The van der Waals surface area contributed by atoms with E-state index in [9.17, 15) is 14.7 Å². The molecule has 1 aromatic carbocycles. The Bertz CT molecular complexity index is 949. The fourth-order valence-electron chi connectivity index (χ4n) is 6.65. The van der Waals surface area contributed by atoms with Crippen molar-refractivity contribution in [1.82, 2.24) is 4.90 Å². The Labute approximate surface area is 196 Å². The van der Waals surface area contributed by atoms with Gasteiger partial charge >= 0.3 is 5.97 Å². The minimum Gasteiger partial charge on any atom is -0.461 e. The van der Waals surface area contributed by atoms with Gasteiger partial charge < -0.3 is 14.7 Å². The summed E-state index contributed by atoms with van der Waals surface area (Å²) in [6, 6.07) is 7.80. The highest BCUT2D eigenvalue weighted by molar-refractivity contribution is 5.94. The van der Waals surface area contributed by atoms with Crippen LogP contribution in [0.25, 0.3) is 0 Å². The van der Waals surface area contributed by atoms with Crippen LogP contribution in [0, 0.1) is 23.2 Å². The molecule has 6 atom stereocenters. The Kier molecular flexibility index (Phi) is 5.86. The first-order valence-corrected chi connectivity index (χ1v) is 12.5. The second-order valence-corrected chi connectivity index (χ2v) is 10.7. The molecule has 178 valence electrons. The largest absolute Gasteiger partial charge is 0.461 e. The number of ether oxygens (including phenoxy) is 1. The van der Waals surface area contributed by atoms with E-state index in [2.05, 4.69) is 29.7 Å². The van der Waals surface area contributed by atoms with Crippen LogP contribution in [0.15, 0.2) is 35.9 Å². The molecule has 5 rings (SSSR count). The van der Waals surface area contributed by atoms with Crippen LogP contribution in [0.1, 0.15) is 50.4 Å². The summed E-state index contributed by atoms with van der Waals surface area (Å²) in [6.07, 6.45) is 4.45. The summed E-state index contributed by atoms with van der Waals surface area (Å²) in [5, 5.41) is 11.6. The normalized spacial score (nSPS) is 36.6. The number of hydrogen-bond donors (Lipinski definition) is 1. The molecule has 0 aromatic heterocycles. The van der Waals surface area contributed by atoms with E-state index in [1.807, 2.05) is 24.3 Å². The Morgan fingerprint density at radius 3 is 2.55 bits per heavy atom. The molecule has 2 aliphatic carbocycles. The number of nitrogens with zero attached hydrogens (tertiary/aromatic N) is 2. The number of ketones is 1. The molecule has 1 N–H and O–H groups in total. The van der Waals surface area contributed by atoms with Crippen LogP contribution in [-0.2, 0) is 9.53 Å². The van der Waals surface area contributed by atoms with E-state index >= 15 is 0 Å². The number of Topliss-reactive ketones (excluding diaryl/α,β-unsaturated/α-hetero) is 1. The minimum absolute atomic E-state index is 0.0807. The number of aliphatic hydroxyl groups excluding tert-OH is 1. The third-order valence-electron chi connectivity index (χ3n) is 9.04. The lowest BCUT2D eigenvalue weighted by atomic mass is 9.55. The average molecular weight is 453 g/mol. The van der Waals surface area contributed by atoms with Crippen molar-refractivity contribution >= 4 is 17.4 Å². The number of hydrogen-bond acceptors (Lipinski definition) is 6. The molecule has 0 unspecified atom stereocenters. The number of piperazine rings is 1. The number of anilines is 1. The Morgan fingerprint density at radius 1 is 1.18 bits per heavy atom. The summed E-state index contributed by atoms with van der Waals surface area (Å²) in [5.41, 5.74) is 2.89. The first-order valence-electron chi connectivity index (χ1n) is 12.5. The molecular formula is C27H36N2O4. The smallest absolute Gasteiger partial charge is 0.311 e. The molecule has 6 heteroatoms. The van der Waals surface area contributed by atoms with E-state index in [-0.39, 0.29) is 35.1 Å². The molecule has 0 amide bonds. The minimum atomic E-state index is -0.546. The summed E-state index contributed by atoms with van der Waals surface area (Å²) in [5.74, 6) is -0.0436. The highest BCUT2D eigenvalue weighted by Crippen LogP contribution is 2.56. The highest BCUT2D eigenvalue weighted by Gasteiger charge is 2.59. The lowest BCUT2D eigenvalue weighted by molar-refractivity contribution is -0.145. The molecule has 0 spiro atoms. The van der Waals surface area contributed by atoms with Crippen molar-refractivity contribution in [1.29, 1.82) is 0 Å². The fraction of sp³-hybridized carbons (Fsp3) is 0.630. The third-order valence-corrected chi connectivity index (χ3v) is 9.04. The molecule has 6 nitrogen and oxygen atoms in total. The van der Waals surface area contributed by atoms with Gasteiger partial charge in [-0.05, 0) is 49.9 Å². The first kappa shape index (κ1) is 22.6. The molecule has 2 saturated heterocycles. The molecule has 3 fully saturated rings. The summed E-state index contributed by atoms with van der Waals surface area (Å²) in [6.45, 7) is 10.2. The van der Waals surface area contributed by atoms with Crippen LogP contribution in [0.2, 0.25) is 0 Å². The van der Waals surface area contributed by atoms with Crippen LogP contribution < -0.4 is 4.90 Å². The van der Waals surface area contributed by atoms with Crippen molar-refractivity contribution in [2.75, 3.05) is 37.6 Å². The summed E-state index contributed by atoms with van der Waals surface area (Å²) in [7, 11) is 0. The fourth-order valence-corrected chi connectivity index (χ4v) is 6.65. The molecule has 1 aromatic rings. The Hall–Kier alpha value is -2.18. The van der Waals surface area contributed by atoms with Gasteiger partial charge in [0.1, 0.15) is 6.10 Å². The van der Waals surface area contributed by atoms with Crippen LogP contribution >= 0.6 is 0 Å². The molecule has 0 bridgehead atoms. The van der Waals surface area contributed by atoms with Crippen molar-refractivity contribution in [2.24, 2.45) is 23.2 Å². The maximum absolute atomic E-state index is 12.9. The third kappa shape index (κ3) is 3.81. The Balaban J connectivity index is 1.25. The van der Waals surface area contributed by atoms with Crippen molar-refractivity contribution in [3.05, 3.63) is 41.5 Å². The van der Waals surface area contributed by atoms with Crippen molar-refractivity contribution in [2.45, 2.75) is 52.2 Å². The maximum Gasteiger partial charge on any atom is 0.311 e. The number of carbonyl (C=O) groups is 2. The van der Waals surface area contributed by atoms with Gasteiger partial charge in [0.25, 0.3) is 0 Å². The van der Waals surface area contributed by atoms with Gasteiger partial charge in [-0.3, -0.25) is 14.5 Å². The van der Waals surface area contributed by atoms with Crippen LogP contribution in [0.4, 0.5) is 5.69 Å². The molecule has 4 aliphatic rings. The summed E-state index contributed by atoms with van der Waals surface area (Å²) in [4.78, 5) is 29.1. The summed E-state index contributed by atoms with van der Waals surface area (Å²) < 4.78 is 5.84. The maximum atomic E-state index is 12.9. The number of rotatable bonds is 4. The standard InChI is InChI=1S/C27H36N2O4/c1-17-5-4-6-20-15-23-24(25(31)27(17,20)3)22(26(32)33-23)16-28-11-13-29(14-12-28)21-9-7-19(8-10-21)18(2)30/h6-10,17,22-25,31H,4-5,11-16H2,1-3H3/t17-,22-,23-,24+,25+,27-/m1/s1. The highest BCUT2D eigenvalue weighted by atomic mass is 16.6. The van der Waals surface area contributed by atoms with E-state index in [1.165, 1.54) is 5.57 Å². The van der Waals surface area contributed by atoms with Crippen molar-refractivity contribution < 1.29 is 19.4 Å². The molecule has 1 saturated carbocycles. The SMILES string of the molecule is CC(=O)c1ccc(N2CCN(C[C@H]3C(=O)O[C@@H]4CC5=CCC[C@@H](C)[C@@]5(C)[C@@H](O)[C@H]43)CC2)cc1. The predicted octanol–water partition coefficient (Wildman–Crippen LogP) is 3.30. The van der Waals surface area contributed by atoms with E-state index in [4.69, 9.17) is 4.74 Å². The number of esters is 1. The molecule has 2 heterocycles. The topological polar surface area (TPSA) is 70.1 Å². The number of fused-ring (bicyclic) bond motifs is 2. The van der Waals surface area contributed by atoms with E-state index in [0.29, 0.717) is 12.5 Å². The Morgan fingerprint density at radius 2 is 1.88 bits per heavy atom. The summed E-state index contributed by atoms with van der Waals surface area (Å²) >= 11 is 0. The van der Waals surface area contributed by atoms with Crippen molar-refractivity contribution in [3.8, 4) is 0 Å². The van der Waals surface area contributed by atoms with Gasteiger partial charge in [-0.2, -0.15) is 0 Å². The predicted molar refractivity (Wildman–Crippen MR) is 127 cm³/mol. The second kappa shape index (κ2) is 8.55. The van der Waals surface area contributed by atoms with E-state index < -0.39 is 6.10 Å². The zero-order valence-corrected chi connectivity index (χ0v) is 20.0. The zero-order chi connectivity index (χ0) is 23.3. The van der Waals surface area contributed by atoms with Gasteiger partial charge in [-0.25, -0.2) is 0 Å². The first-order chi connectivity index (χ1) is 15.8. The quantitative estimate of drug-likeness (QED) is 0.430. The van der Waals surface area contributed by atoms with Crippen LogP contribution in [0.3, 0.4) is 0 Å². The number of benzene rings is 1.